The maximum absolute atomic E-state index is 11.3. The second kappa shape index (κ2) is 9.52. The third kappa shape index (κ3) is 4.74. The van der Waals surface area contributed by atoms with E-state index in [1.54, 1.807) is 0 Å². The molecule has 158 valence electrons. The molecule has 12 nitrogen and oxygen atoms in total. The van der Waals surface area contributed by atoms with Gasteiger partial charge >= 0.3 is 0 Å². The standard InChI is InChI=1S/C15H28N2O10/c1-5(20)17-9-11(22)13(7(4-19)25-14(9)23)27-15-8(16)10(21)12(24-2)6(3-18)26-15/h6-15,18-19,21-23H,3-4,16H2,1-2H3,(H,17,20)/t6?,7?,8?,9?,10-,11-,12-,13-,14-,15+/m1/s1. The molecule has 2 aliphatic heterocycles. The van der Waals surface area contributed by atoms with Crippen LogP contribution in [0.4, 0.5) is 0 Å². The van der Waals surface area contributed by atoms with E-state index in [1.165, 1.54) is 14.0 Å². The lowest BCUT2D eigenvalue weighted by Crippen LogP contribution is -2.68. The zero-order valence-corrected chi connectivity index (χ0v) is 15.0. The van der Waals surface area contributed by atoms with Gasteiger partial charge in [-0.25, -0.2) is 0 Å². The van der Waals surface area contributed by atoms with E-state index in [1.807, 2.05) is 0 Å². The predicted molar refractivity (Wildman–Crippen MR) is 87.0 cm³/mol. The topological polar surface area (TPSA) is 193 Å². The van der Waals surface area contributed by atoms with Crippen LogP contribution in [0.15, 0.2) is 0 Å². The summed E-state index contributed by atoms with van der Waals surface area (Å²) in [5.41, 5.74) is 5.93. The predicted octanol–water partition coefficient (Wildman–Crippen LogP) is -4.63. The summed E-state index contributed by atoms with van der Waals surface area (Å²) >= 11 is 0. The second-order valence-electron chi connectivity index (χ2n) is 6.56. The van der Waals surface area contributed by atoms with Gasteiger partial charge in [0.25, 0.3) is 0 Å². The number of aliphatic hydroxyl groups is 5. The third-order valence-corrected chi connectivity index (χ3v) is 4.71. The molecule has 0 saturated carbocycles. The quantitative estimate of drug-likeness (QED) is 0.228. The molecule has 27 heavy (non-hydrogen) atoms. The van der Waals surface area contributed by atoms with Gasteiger partial charge < -0.3 is 55.5 Å². The summed E-state index contributed by atoms with van der Waals surface area (Å²) in [6.07, 6.45) is -9.81. The van der Waals surface area contributed by atoms with Crippen molar-refractivity contribution in [3.8, 4) is 0 Å². The summed E-state index contributed by atoms with van der Waals surface area (Å²) in [5.74, 6) is -0.521. The molecule has 2 aliphatic rings. The number of carbonyl (C=O) groups is 1. The van der Waals surface area contributed by atoms with E-state index in [9.17, 15) is 30.3 Å². The maximum atomic E-state index is 11.3. The number of ether oxygens (including phenoxy) is 4. The zero-order valence-electron chi connectivity index (χ0n) is 15.0. The molecule has 0 aromatic heterocycles. The van der Waals surface area contributed by atoms with Crippen LogP contribution in [0.3, 0.4) is 0 Å². The highest BCUT2D eigenvalue weighted by Crippen LogP contribution is 2.28. The van der Waals surface area contributed by atoms with E-state index in [0.29, 0.717) is 0 Å². The van der Waals surface area contributed by atoms with Crippen LogP contribution < -0.4 is 11.1 Å². The van der Waals surface area contributed by atoms with Crippen LogP contribution in [0.5, 0.6) is 0 Å². The normalized spacial score (nSPS) is 45.5. The monoisotopic (exact) mass is 396 g/mol. The molecular formula is C15H28N2O10. The molecular weight excluding hydrogens is 368 g/mol. The Morgan fingerprint density at radius 2 is 1.67 bits per heavy atom. The van der Waals surface area contributed by atoms with E-state index in [4.69, 9.17) is 24.7 Å². The Hall–Kier alpha value is -0.930. The minimum atomic E-state index is -1.57. The fourth-order valence-corrected chi connectivity index (χ4v) is 3.30. The first-order chi connectivity index (χ1) is 12.7. The van der Waals surface area contributed by atoms with Crippen molar-refractivity contribution in [2.45, 2.75) is 68.2 Å². The number of hydrogen-bond donors (Lipinski definition) is 7. The number of methoxy groups -OCH3 is 1. The van der Waals surface area contributed by atoms with Crippen LogP contribution in [0.1, 0.15) is 6.92 Å². The van der Waals surface area contributed by atoms with Crippen molar-refractivity contribution in [1.29, 1.82) is 0 Å². The van der Waals surface area contributed by atoms with Gasteiger partial charge in [-0.3, -0.25) is 4.79 Å². The van der Waals surface area contributed by atoms with Crippen molar-refractivity contribution < 1.29 is 49.3 Å². The highest BCUT2D eigenvalue weighted by Gasteiger charge is 2.50. The van der Waals surface area contributed by atoms with Crippen LogP contribution in [-0.2, 0) is 23.7 Å². The number of nitrogens with two attached hydrogens (primary N) is 1. The van der Waals surface area contributed by atoms with Gasteiger partial charge in [0, 0.05) is 14.0 Å². The van der Waals surface area contributed by atoms with E-state index in [2.05, 4.69) is 5.32 Å². The van der Waals surface area contributed by atoms with Crippen molar-refractivity contribution in [3.05, 3.63) is 0 Å². The summed E-state index contributed by atoms with van der Waals surface area (Å²) in [6.45, 7) is 0.101. The van der Waals surface area contributed by atoms with Crippen molar-refractivity contribution >= 4 is 5.91 Å². The molecule has 0 bridgehead atoms. The molecule has 0 aromatic rings. The first-order valence-electron chi connectivity index (χ1n) is 8.52. The van der Waals surface area contributed by atoms with E-state index in [0.717, 1.165) is 0 Å². The molecule has 0 spiro atoms. The Kier molecular flexibility index (Phi) is 7.88. The highest BCUT2D eigenvalue weighted by molar-refractivity contribution is 5.73. The average Bonchev–Trinajstić information content (AvgIpc) is 2.63. The number of hydrogen-bond acceptors (Lipinski definition) is 11. The first kappa shape index (κ1) is 22.4. The molecule has 0 radical (unpaired) electrons. The van der Waals surface area contributed by atoms with Crippen LogP contribution >= 0.6 is 0 Å². The van der Waals surface area contributed by atoms with E-state index in [-0.39, 0.29) is 0 Å². The van der Waals surface area contributed by atoms with Crippen LogP contribution in [0.25, 0.3) is 0 Å². The Labute approximate surface area is 155 Å². The van der Waals surface area contributed by atoms with Crippen LogP contribution in [0, 0.1) is 0 Å². The van der Waals surface area contributed by atoms with Gasteiger partial charge in [0.15, 0.2) is 12.6 Å². The minimum Gasteiger partial charge on any atom is -0.394 e. The van der Waals surface area contributed by atoms with E-state index >= 15 is 0 Å². The van der Waals surface area contributed by atoms with Gasteiger partial charge in [0.05, 0.1) is 19.3 Å². The molecule has 12 heteroatoms. The number of nitrogens with one attached hydrogen (secondary N) is 1. The highest BCUT2D eigenvalue weighted by atomic mass is 16.7. The third-order valence-electron chi connectivity index (χ3n) is 4.71. The molecule has 2 heterocycles. The first-order valence-corrected chi connectivity index (χ1v) is 8.52. The van der Waals surface area contributed by atoms with Crippen molar-refractivity contribution in [1.82, 2.24) is 5.32 Å². The molecule has 10 atom stereocenters. The summed E-state index contributed by atoms with van der Waals surface area (Å²) in [4.78, 5) is 11.3. The summed E-state index contributed by atoms with van der Waals surface area (Å²) in [7, 11) is 1.33. The van der Waals surface area contributed by atoms with Gasteiger partial charge in [0.1, 0.15) is 42.7 Å². The zero-order chi connectivity index (χ0) is 20.3. The summed E-state index contributed by atoms with van der Waals surface area (Å²) in [6, 6.07) is -2.32. The van der Waals surface area contributed by atoms with Crippen LogP contribution in [0.2, 0.25) is 0 Å². The molecule has 2 saturated heterocycles. The van der Waals surface area contributed by atoms with Gasteiger partial charge in [0.2, 0.25) is 5.91 Å². The van der Waals surface area contributed by atoms with Crippen molar-refractivity contribution in [3.63, 3.8) is 0 Å². The molecule has 4 unspecified atom stereocenters. The smallest absolute Gasteiger partial charge is 0.217 e. The lowest BCUT2D eigenvalue weighted by atomic mass is 9.95. The molecule has 2 fully saturated rings. The van der Waals surface area contributed by atoms with Gasteiger partial charge in [-0.05, 0) is 0 Å². The molecule has 1 amide bonds. The van der Waals surface area contributed by atoms with Gasteiger partial charge in [-0.1, -0.05) is 0 Å². The Morgan fingerprint density at radius 1 is 1.07 bits per heavy atom. The fourth-order valence-electron chi connectivity index (χ4n) is 3.30. The molecule has 0 aliphatic carbocycles. The Bertz CT molecular complexity index is 495. The second-order valence-corrected chi connectivity index (χ2v) is 6.56. The van der Waals surface area contributed by atoms with Crippen molar-refractivity contribution in [2.24, 2.45) is 5.73 Å². The lowest BCUT2D eigenvalue weighted by Gasteiger charge is -2.47. The van der Waals surface area contributed by atoms with Crippen LogP contribution in [-0.4, -0.2) is 113 Å². The minimum absolute atomic E-state index is 0.484. The van der Waals surface area contributed by atoms with E-state index < -0.39 is 80.4 Å². The number of amides is 1. The largest absolute Gasteiger partial charge is 0.394 e. The summed E-state index contributed by atoms with van der Waals surface area (Å²) in [5, 5.41) is 52.0. The SMILES string of the molecule is CO[C@@H]1C(CO)O[C@@H](O[C@@H]2C(CO)O[C@@H](O)C(NC(C)=O)[C@H]2O)C(N)[C@H]1O. The maximum Gasteiger partial charge on any atom is 0.217 e. The average molecular weight is 396 g/mol. The van der Waals surface area contributed by atoms with Crippen molar-refractivity contribution in [2.75, 3.05) is 20.3 Å². The molecule has 2 rings (SSSR count). The van der Waals surface area contributed by atoms with Gasteiger partial charge in [-0.2, -0.15) is 0 Å². The Morgan fingerprint density at radius 3 is 2.19 bits per heavy atom. The lowest BCUT2D eigenvalue weighted by molar-refractivity contribution is -0.327. The summed E-state index contributed by atoms with van der Waals surface area (Å²) < 4.78 is 21.5. The fraction of sp³-hybridized carbons (Fsp3) is 0.933. The number of rotatable bonds is 6. The molecule has 8 N–H and O–H groups in total. The number of aliphatic hydroxyl groups excluding tert-OH is 5. The number of carbonyl (C=O) groups excluding carboxylic acids is 1. The Balaban J connectivity index is 2.17. The van der Waals surface area contributed by atoms with Gasteiger partial charge in [-0.15, -0.1) is 0 Å². The molecule has 0 aromatic carbocycles.